The summed E-state index contributed by atoms with van der Waals surface area (Å²) in [5.41, 5.74) is 12.8. The van der Waals surface area contributed by atoms with E-state index in [9.17, 15) is 27.2 Å². The smallest absolute Gasteiger partial charge is 0.407 e. The third-order valence-electron chi connectivity index (χ3n) is 9.63. The van der Waals surface area contributed by atoms with Crippen molar-refractivity contribution < 1.29 is 35.8 Å². The van der Waals surface area contributed by atoms with Gasteiger partial charge >= 0.3 is 12.2 Å². The van der Waals surface area contributed by atoms with E-state index in [1.54, 1.807) is 12.3 Å². The van der Waals surface area contributed by atoms with E-state index in [0.717, 1.165) is 34.9 Å². The number of fused-ring (bicyclic) bond motifs is 2. The van der Waals surface area contributed by atoms with Crippen LogP contribution in [0.25, 0.3) is 32.1 Å². The molecular formula is C37H37ClF6N10O2S. The molecule has 0 amide bonds. The van der Waals surface area contributed by atoms with Gasteiger partial charge in [-0.05, 0) is 43.5 Å². The lowest BCUT2D eigenvalue weighted by Gasteiger charge is -2.23. The van der Waals surface area contributed by atoms with Crippen LogP contribution in [0.4, 0.5) is 43.0 Å². The van der Waals surface area contributed by atoms with Gasteiger partial charge in [0, 0.05) is 55.6 Å². The molecule has 2 saturated heterocycles. The van der Waals surface area contributed by atoms with Gasteiger partial charge in [-0.1, -0.05) is 23.7 Å². The molecule has 12 nitrogen and oxygen atoms in total. The van der Waals surface area contributed by atoms with E-state index in [2.05, 4.69) is 31.7 Å². The summed E-state index contributed by atoms with van der Waals surface area (Å²) in [4.78, 5) is 17.1. The number of rotatable bonds is 6. The third-order valence-corrected chi connectivity index (χ3v) is 11.0. The van der Waals surface area contributed by atoms with E-state index in [1.165, 1.54) is 39.1 Å². The van der Waals surface area contributed by atoms with E-state index in [1.807, 2.05) is 17.0 Å². The highest BCUT2D eigenvalue weighted by atomic mass is 35.5. The molecule has 0 bridgehead atoms. The Morgan fingerprint density at radius 3 is 2.61 bits per heavy atom. The molecule has 0 radical (unpaired) electrons. The van der Waals surface area contributed by atoms with Gasteiger partial charge in [-0.3, -0.25) is 9.91 Å². The summed E-state index contributed by atoms with van der Waals surface area (Å²) in [6.07, 6.45) is 0.219. The number of pyridine rings is 1. The fourth-order valence-electron chi connectivity index (χ4n) is 7.08. The van der Waals surface area contributed by atoms with Crippen LogP contribution in [0, 0.1) is 23.0 Å². The van der Waals surface area contributed by atoms with E-state index in [-0.39, 0.29) is 66.1 Å². The van der Waals surface area contributed by atoms with Crippen LogP contribution < -0.4 is 25.8 Å². The van der Waals surface area contributed by atoms with Gasteiger partial charge in [-0.2, -0.15) is 33.5 Å². The average Bonchev–Trinajstić information content (AvgIpc) is 3.82. The molecule has 5 aromatic rings. The van der Waals surface area contributed by atoms with Crippen molar-refractivity contribution in [2.45, 2.75) is 44.2 Å². The number of nitrogens with two attached hydrogens (primary N) is 2. The highest BCUT2D eigenvalue weighted by Gasteiger charge is 2.35. The van der Waals surface area contributed by atoms with Gasteiger partial charge in [-0.15, -0.1) is 11.3 Å². The van der Waals surface area contributed by atoms with Crippen LogP contribution in [0.1, 0.15) is 30.4 Å². The molecule has 2 atom stereocenters. The molecule has 2 aromatic carbocycles. The second-order valence-corrected chi connectivity index (χ2v) is 14.8. The molecule has 0 aliphatic carbocycles. The lowest BCUT2D eigenvalue weighted by molar-refractivity contribution is -0.142. The van der Waals surface area contributed by atoms with Crippen molar-refractivity contribution in [2.24, 2.45) is 5.10 Å². The number of hydrogen-bond acceptors (Lipinski definition) is 13. The second kappa shape index (κ2) is 17.0. The Labute approximate surface area is 332 Å². The van der Waals surface area contributed by atoms with Crippen LogP contribution in [0.5, 0.6) is 11.8 Å². The minimum absolute atomic E-state index is 0.0352. The maximum absolute atomic E-state index is 16.5. The average molecular weight is 835 g/mol. The molecule has 4 N–H and O–H groups in total. The Balaban J connectivity index is 0.000000250. The number of hydrazone groups is 1. The molecule has 3 aliphatic rings. The first-order valence-corrected chi connectivity index (χ1v) is 18.7. The van der Waals surface area contributed by atoms with E-state index in [4.69, 9.17) is 32.5 Å². The van der Waals surface area contributed by atoms with E-state index >= 15 is 4.39 Å². The summed E-state index contributed by atoms with van der Waals surface area (Å²) in [6.45, 7) is 4.56. The van der Waals surface area contributed by atoms with Gasteiger partial charge in [-0.25, -0.2) is 18.2 Å². The molecular weight excluding hydrogens is 798 g/mol. The standard InChI is InChI=1S/C26H18ClF2N7O2S.C7H12FN.C4H7F3N2/c1-37-26-34-20-17-21(38-8-7-36(25(17)35-26)10-11-3-2-6-33-23(11)31)18(27)16(19(20)29)12-4-5-14(28)22-15(12)13(9-30)24(32)39-22;8-6-4-7-2-1-3-9(7)5-6;1-8-9(2)3-4(5,6)7/h2-6H,7-8,10,32H2,1H3,(H2,31,33);6-7H,1-5H2;1,3H2,2H3. The summed E-state index contributed by atoms with van der Waals surface area (Å²) >= 11 is 7.76. The SMILES string of the molecule is C=NN(C)CC(F)(F)F.COc1nc2c3c(c(Cl)c(-c4ccc(F)c5sc(N)c(C#N)c45)c(F)c3n1)OCCN2Cc1cccnc1N.FC1CC2CCCN2C1. The normalized spacial score (nSPS) is 17.4. The molecule has 6 heterocycles. The maximum atomic E-state index is 16.5. The lowest BCUT2D eigenvalue weighted by atomic mass is 9.96. The quantitative estimate of drug-likeness (QED) is 0.0989. The topological polar surface area (TPSA) is 155 Å². The van der Waals surface area contributed by atoms with Gasteiger partial charge in [0.1, 0.15) is 53.4 Å². The predicted molar refractivity (Wildman–Crippen MR) is 208 cm³/mol. The molecule has 302 valence electrons. The monoisotopic (exact) mass is 834 g/mol. The first-order valence-electron chi connectivity index (χ1n) is 17.5. The van der Waals surface area contributed by atoms with Gasteiger partial charge in [0.05, 0.1) is 34.3 Å². The zero-order chi connectivity index (χ0) is 41.2. The lowest BCUT2D eigenvalue weighted by Crippen LogP contribution is -2.28. The Hall–Kier alpha value is -5.32. The number of halogens is 7. The summed E-state index contributed by atoms with van der Waals surface area (Å²) in [5.74, 6) is -0.560. The van der Waals surface area contributed by atoms with Crippen LogP contribution in [0.15, 0.2) is 35.6 Å². The largest absolute Gasteiger partial charge is 0.489 e. The van der Waals surface area contributed by atoms with Crippen LogP contribution in [-0.4, -0.2) is 96.9 Å². The van der Waals surface area contributed by atoms with Crippen LogP contribution in [-0.2, 0) is 6.54 Å². The Bertz CT molecular complexity index is 2330. The number of nitrogens with zero attached hydrogens (tertiary/aromatic N) is 8. The van der Waals surface area contributed by atoms with Gasteiger partial charge in [0.25, 0.3) is 0 Å². The zero-order valence-electron chi connectivity index (χ0n) is 30.7. The number of ether oxygens (including phenoxy) is 2. The maximum Gasteiger partial charge on any atom is 0.407 e. The first kappa shape index (κ1) is 41.3. The zero-order valence-corrected chi connectivity index (χ0v) is 32.3. The predicted octanol–water partition coefficient (Wildman–Crippen LogP) is 7.57. The summed E-state index contributed by atoms with van der Waals surface area (Å²) in [6, 6.07) is 8.67. The summed E-state index contributed by atoms with van der Waals surface area (Å²) in [5, 5.41) is 14.0. The molecule has 0 saturated carbocycles. The van der Waals surface area contributed by atoms with Crippen molar-refractivity contribution in [1.29, 1.82) is 5.26 Å². The minimum Gasteiger partial charge on any atom is -0.489 e. The van der Waals surface area contributed by atoms with Crippen molar-refractivity contribution in [1.82, 2.24) is 24.9 Å². The Morgan fingerprint density at radius 1 is 1.19 bits per heavy atom. The summed E-state index contributed by atoms with van der Waals surface area (Å²) < 4.78 is 89.4. The number of alkyl halides is 4. The van der Waals surface area contributed by atoms with Crippen molar-refractivity contribution in [3.8, 4) is 29.0 Å². The van der Waals surface area contributed by atoms with Crippen LogP contribution in [0.2, 0.25) is 5.02 Å². The van der Waals surface area contributed by atoms with Gasteiger partial charge in [0.15, 0.2) is 11.6 Å². The number of thiophene rings is 1. The fourth-order valence-corrected chi connectivity index (χ4v) is 8.36. The Morgan fingerprint density at radius 2 is 1.96 bits per heavy atom. The first-order chi connectivity index (χ1) is 27.1. The second-order valence-electron chi connectivity index (χ2n) is 13.4. The molecule has 3 aromatic heterocycles. The molecule has 20 heteroatoms. The fraction of sp³-hybridized carbons (Fsp3) is 0.378. The molecule has 2 fully saturated rings. The van der Waals surface area contributed by atoms with E-state index in [0.29, 0.717) is 37.3 Å². The third kappa shape index (κ3) is 8.67. The van der Waals surface area contributed by atoms with Gasteiger partial charge in [0.2, 0.25) is 0 Å². The number of nitrogen functional groups attached to an aromatic ring is 2. The molecule has 2 unspecified atom stereocenters. The highest BCUT2D eigenvalue weighted by molar-refractivity contribution is 7.23. The van der Waals surface area contributed by atoms with Crippen molar-refractivity contribution in [2.75, 3.05) is 63.3 Å². The number of nitriles is 1. The molecule has 3 aliphatic heterocycles. The van der Waals surface area contributed by atoms with Gasteiger partial charge < -0.3 is 25.8 Å². The molecule has 0 spiro atoms. The highest BCUT2D eigenvalue weighted by Crippen LogP contribution is 2.50. The number of anilines is 3. The number of hydrogen-bond donors (Lipinski definition) is 2. The number of methoxy groups -OCH3 is 1. The summed E-state index contributed by atoms with van der Waals surface area (Å²) in [7, 11) is 2.58. The Kier molecular flexibility index (Phi) is 12.4. The van der Waals surface area contributed by atoms with Crippen molar-refractivity contribution in [3.05, 3.63) is 58.2 Å². The number of benzene rings is 2. The van der Waals surface area contributed by atoms with Crippen LogP contribution >= 0.6 is 22.9 Å². The molecule has 57 heavy (non-hydrogen) atoms. The minimum atomic E-state index is -4.18. The number of aromatic nitrogens is 3. The molecule has 8 rings (SSSR count). The van der Waals surface area contributed by atoms with Crippen LogP contribution in [0.3, 0.4) is 0 Å². The van der Waals surface area contributed by atoms with E-state index < -0.39 is 30.5 Å². The van der Waals surface area contributed by atoms with Crippen molar-refractivity contribution in [3.63, 3.8) is 0 Å². The van der Waals surface area contributed by atoms with Crippen molar-refractivity contribution >= 4 is 67.3 Å².